The summed E-state index contributed by atoms with van der Waals surface area (Å²) in [5.41, 5.74) is 3.75. The van der Waals surface area contributed by atoms with Gasteiger partial charge in [-0.2, -0.15) is 0 Å². The van der Waals surface area contributed by atoms with E-state index in [1.165, 1.54) is 16.8 Å². The summed E-state index contributed by atoms with van der Waals surface area (Å²) in [7, 11) is 0. The van der Waals surface area contributed by atoms with Gasteiger partial charge in [0.15, 0.2) is 0 Å². The van der Waals surface area contributed by atoms with Crippen LogP contribution in [0.1, 0.15) is 17.1 Å². The molecular formula is C18H19N3O. The lowest BCUT2D eigenvalue weighted by Crippen LogP contribution is -2.33. The number of furan rings is 1. The van der Waals surface area contributed by atoms with Crippen LogP contribution < -0.4 is 0 Å². The third-order valence-corrected chi connectivity index (χ3v) is 4.22. The number of aryl methyl sites for hydroxylation is 1. The first-order valence-corrected chi connectivity index (χ1v) is 7.66. The van der Waals surface area contributed by atoms with E-state index in [0.29, 0.717) is 0 Å². The van der Waals surface area contributed by atoms with Crippen LogP contribution in [0.4, 0.5) is 0 Å². The van der Waals surface area contributed by atoms with Crippen molar-refractivity contribution >= 4 is 0 Å². The van der Waals surface area contributed by atoms with Gasteiger partial charge in [0.25, 0.3) is 0 Å². The van der Waals surface area contributed by atoms with E-state index >= 15 is 0 Å². The Morgan fingerprint density at radius 2 is 2.14 bits per heavy atom. The van der Waals surface area contributed by atoms with E-state index in [-0.39, 0.29) is 0 Å². The molecule has 0 amide bonds. The highest BCUT2D eigenvalue weighted by atomic mass is 16.3. The summed E-state index contributed by atoms with van der Waals surface area (Å²) in [6, 6.07) is 12.6. The fourth-order valence-electron chi connectivity index (χ4n) is 3.10. The molecule has 4 rings (SSSR count). The summed E-state index contributed by atoms with van der Waals surface area (Å²) in [6.07, 6.45) is 3.73. The van der Waals surface area contributed by atoms with Crippen LogP contribution >= 0.6 is 0 Å². The minimum Gasteiger partial charge on any atom is -0.468 e. The quantitative estimate of drug-likeness (QED) is 0.741. The van der Waals surface area contributed by atoms with Crippen LogP contribution in [-0.4, -0.2) is 21.0 Å². The predicted octanol–water partition coefficient (Wildman–Crippen LogP) is 3.47. The average Bonchev–Trinajstić information content (AvgIpc) is 3.16. The molecule has 1 aliphatic heterocycles. The second-order valence-corrected chi connectivity index (χ2v) is 5.87. The predicted molar refractivity (Wildman–Crippen MR) is 85.2 cm³/mol. The Balaban J connectivity index is 1.57. The van der Waals surface area contributed by atoms with Gasteiger partial charge < -0.3 is 8.98 Å². The molecule has 0 aliphatic carbocycles. The normalized spacial score (nSPS) is 15.0. The van der Waals surface area contributed by atoms with Crippen molar-refractivity contribution in [3.8, 4) is 11.3 Å². The van der Waals surface area contributed by atoms with Gasteiger partial charge in [0, 0.05) is 18.7 Å². The van der Waals surface area contributed by atoms with Crippen molar-refractivity contribution in [2.24, 2.45) is 0 Å². The molecular weight excluding hydrogens is 274 g/mol. The Kier molecular flexibility index (Phi) is 3.31. The zero-order valence-corrected chi connectivity index (χ0v) is 12.7. The Hall–Kier alpha value is -2.33. The molecule has 0 radical (unpaired) electrons. The SMILES string of the molecule is Cc1cccc(-c2cnc3n2CCN(Cc2ccco2)C3)c1. The smallest absolute Gasteiger partial charge is 0.123 e. The summed E-state index contributed by atoms with van der Waals surface area (Å²) in [4.78, 5) is 7.01. The molecule has 0 fully saturated rings. The van der Waals surface area contributed by atoms with Gasteiger partial charge in [0.05, 0.1) is 31.2 Å². The number of benzene rings is 1. The van der Waals surface area contributed by atoms with E-state index in [4.69, 9.17) is 4.42 Å². The molecule has 0 N–H and O–H groups in total. The van der Waals surface area contributed by atoms with Crippen LogP contribution in [0.3, 0.4) is 0 Å². The fraction of sp³-hybridized carbons (Fsp3) is 0.278. The van der Waals surface area contributed by atoms with E-state index in [1.54, 1.807) is 6.26 Å². The maximum Gasteiger partial charge on any atom is 0.123 e. The summed E-state index contributed by atoms with van der Waals surface area (Å²) in [5, 5.41) is 0. The highest BCUT2D eigenvalue weighted by Gasteiger charge is 2.21. The first-order valence-electron chi connectivity index (χ1n) is 7.66. The van der Waals surface area contributed by atoms with E-state index in [1.807, 2.05) is 18.3 Å². The highest BCUT2D eigenvalue weighted by Crippen LogP contribution is 2.25. The fourth-order valence-corrected chi connectivity index (χ4v) is 3.10. The van der Waals surface area contributed by atoms with E-state index < -0.39 is 0 Å². The molecule has 22 heavy (non-hydrogen) atoms. The maximum absolute atomic E-state index is 5.44. The minimum absolute atomic E-state index is 0.847. The number of aromatic nitrogens is 2. The number of hydrogen-bond acceptors (Lipinski definition) is 3. The molecule has 112 valence electrons. The van der Waals surface area contributed by atoms with Gasteiger partial charge in [-0.1, -0.05) is 23.8 Å². The van der Waals surface area contributed by atoms with Crippen LogP contribution in [0, 0.1) is 6.92 Å². The molecule has 0 saturated carbocycles. The van der Waals surface area contributed by atoms with Crippen LogP contribution in [0.15, 0.2) is 53.3 Å². The Bertz CT molecular complexity index is 773. The molecule has 0 atom stereocenters. The third kappa shape index (κ3) is 2.46. The summed E-state index contributed by atoms with van der Waals surface area (Å²) < 4.78 is 7.78. The van der Waals surface area contributed by atoms with Crippen molar-refractivity contribution in [3.05, 3.63) is 66.0 Å². The lowest BCUT2D eigenvalue weighted by atomic mass is 10.1. The van der Waals surface area contributed by atoms with Crippen molar-refractivity contribution in [1.82, 2.24) is 14.5 Å². The molecule has 0 spiro atoms. The van der Waals surface area contributed by atoms with Crippen molar-refractivity contribution < 1.29 is 4.42 Å². The average molecular weight is 293 g/mol. The standard InChI is InChI=1S/C18H19N3O/c1-14-4-2-5-15(10-14)17-11-19-18-13-20(7-8-21(17)18)12-16-6-3-9-22-16/h2-6,9-11H,7-8,12-13H2,1H3. The van der Waals surface area contributed by atoms with Crippen LogP contribution in [0.2, 0.25) is 0 Å². The number of imidazole rings is 1. The highest BCUT2D eigenvalue weighted by molar-refractivity contribution is 5.60. The largest absolute Gasteiger partial charge is 0.468 e. The first-order chi connectivity index (χ1) is 10.8. The van der Waals surface area contributed by atoms with Crippen LogP contribution in [0.25, 0.3) is 11.3 Å². The zero-order valence-electron chi connectivity index (χ0n) is 12.7. The number of rotatable bonds is 3. The molecule has 3 heterocycles. The Morgan fingerprint density at radius 3 is 2.95 bits per heavy atom. The minimum atomic E-state index is 0.847. The molecule has 0 saturated heterocycles. The van der Waals surface area contributed by atoms with Crippen molar-refractivity contribution in [1.29, 1.82) is 0 Å². The zero-order chi connectivity index (χ0) is 14.9. The van der Waals surface area contributed by atoms with Gasteiger partial charge in [0.1, 0.15) is 11.6 Å². The summed E-state index contributed by atoms with van der Waals surface area (Å²) in [6.45, 7) is 5.83. The topological polar surface area (TPSA) is 34.2 Å². The van der Waals surface area contributed by atoms with Gasteiger partial charge in [0.2, 0.25) is 0 Å². The van der Waals surface area contributed by atoms with Crippen LogP contribution in [-0.2, 0) is 19.6 Å². The van der Waals surface area contributed by atoms with Crippen molar-refractivity contribution in [3.63, 3.8) is 0 Å². The van der Waals surface area contributed by atoms with Crippen molar-refractivity contribution in [2.45, 2.75) is 26.6 Å². The van der Waals surface area contributed by atoms with Gasteiger partial charge in [-0.25, -0.2) is 4.98 Å². The molecule has 1 aromatic carbocycles. The Morgan fingerprint density at radius 1 is 1.18 bits per heavy atom. The number of hydrogen-bond donors (Lipinski definition) is 0. The number of fused-ring (bicyclic) bond motifs is 1. The van der Waals surface area contributed by atoms with E-state index in [2.05, 4.69) is 45.6 Å². The second-order valence-electron chi connectivity index (χ2n) is 5.87. The van der Waals surface area contributed by atoms with Gasteiger partial charge in [-0.3, -0.25) is 4.90 Å². The molecule has 0 bridgehead atoms. The lowest BCUT2D eigenvalue weighted by molar-refractivity contribution is 0.194. The lowest BCUT2D eigenvalue weighted by Gasteiger charge is -2.27. The summed E-state index contributed by atoms with van der Waals surface area (Å²) >= 11 is 0. The van der Waals surface area contributed by atoms with Gasteiger partial charge in [-0.15, -0.1) is 0 Å². The summed E-state index contributed by atoms with van der Waals surface area (Å²) in [5.74, 6) is 2.15. The Labute approximate surface area is 130 Å². The number of nitrogens with zero attached hydrogens (tertiary/aromatic N) is 3. The van der Waals surface area contributed by atoms with Gasteiger partial charge >= 0.3 is 0 Å². The van der Waals surface area contributed by atoms with Crippen LogP contribution in [0.5, 0.6) is 0 Å². The molecule has 1 aliphatic rings. The first kappa shape index (κ1) is 13.3. The molecule has 3 aromatic rings. The third-order valence-electron chi connectivity index (χ3n) is 4.22. The maximum atomic E-state index is 5.44. The van der Waals surface area contributed by atoms with E-state index in [0.717, 1.165) is 37.8 Å². The van der Waals surface area contributed by atoms with Gasteiger partial charge in [-0.05, 0) is 25.1 Å². The molecule has 0 unspecified atom stereocenters. The molecule has 4 nitrogen and oxygen atoms in total. The molecule has 4 heteroatoms. The second kappa shape index (κ2) is 5.46. The van der Waals surface area contributed by atoms with Crippen molar-refractivity contribution in [2.75, 3.05) is 6.54 Å². The molecule has 2 aromatic heterocycles. The monoisotopic (exact) mass is 293 g/mol. The van der Waals surface area contributed by atoms with E-state index in [9.17, 15) is 0 Å².